The zero-order valence-corrected chi connectivity index (χ0v) is 33.5. The summed E-state index contributed by atoms with van der Waals surface area (Å²) in [6, 6.07) is 82.8. The maximum Gasteiger partial charge on any atom is 0.160 e. The second-order valence-electron chi connectivity index (χ2n) is 15.6. The number of hydrogen-bond acceptors (Lipinski definition) is 2. The third-order valence-corrected chi connectivity index (χ3v) is 11.9. The number of nitrogens with zero attached hydrogens (tertiary/aromatic N) is 2. The fourth-order valence-electron chi connectivity index (χ4n) is 9.10. The van der Waals surface area contributed by atoms with Crippen molar-refractivity contribution in [3.8, 4) is 101 Å². The van der Waals surface area contributed by atoms with Crippen LogP contribution in [0.5, 0.6) is 0 Å². The minimum Gasteiger partial charge on any atom is -0.228 e. The van der Waals surface area contributed by atoms with Gasteiger partial charge in [0.1, 0.15) is 0 Å². The molecule has 1 aliphatic rings. The Bertz CT molecular complexity index is 3180. The molecule has 11 rings (SSSR count). The van der Waals surface area contributed by atoms with E-state index in [9.17, 15) is 0 Å². The van der Waals surface area contributed by atoms with Crippen molar-refractivity contribution in [1.82, 2.24) is 9.97 Å². The van der Waals surface area contributed by atoms with Crippen LogP contribution in [0.3, 0.4) is 0 Å². The van der Waals surface area contributed by atoms with Crippen LogP contribution in [0, 0.1) is 0 Å². The quantitative estimate of drug-likeness (QED) is 0.154. The van der Waals surface area contributed by atoms with E-state index in [1.807, 2.05) is 6.07 Å². The summed E-state index contributed by atoms with van der Waals surface area (Å²) in [7, 11) is 0. The van der Waals surface area contributed by atoms with Crippen molar-refractivity contribution in [1.29, 1.82) is 0 Å². The second-order valence-corrected chi connectivity index (χ2v) is 15.6. The smallest absolute Gasteiger partial charge is 0.160 e. The lowest BCUT2D eigenvalue weighted by Gasteiger charge is -2.24. The molecule has 9 aromatic carbocycles. The Morgan fingerprint density at radius 3 is 1.26 bits per heavy atom. The van der Waals surface area contributed by atoms with Crippen molar-refractivity contribution in [2.45, 2.75) is 6.42 Å². The topological polar surface area (TPSA) is 25.8 Å². The highest BCUT2D eigenvalue weighted by atomic mass is 14.9. The summed E-state index contributed by atoms with van der Waals surface area (Å²) in [4.78, 5) is 10.5. The highest BCUT2D eigenvalue weighted by Crippen LogP contribution is 2.51. The Labute approximate surface area is 357 Å². The molecule has 61 heavy (non-hydrogen) atoms. The van der Waals surface area contributed by atoms with E-state index < -0.39 is 0 Å². The molecule has 286 valence electrons. The zero-order valence-electron chi connectivity index (χ0n) is 33.5. The lowest BCUT2D eigenvalue weighted by atomic mass is 9.78. The molecule has 1 aromatic heterocycles. The van der Waals surface area contributed by atoms with Crippen molar-refractivity contribution in [2.75, 3.05) is 0 Å². The number of aromatic nitrogens is 2. The van der Waals surface area contributed by atoms with Crippen molar-refractivity contribution < 1.29 is 0 Å². The summed E-state index contributed by atoms with van der Waals surface area (Å²) >= 11 is 0. The molecule has 0 spiro atoms. The number of rotatable bonds is 8. The molecule has 0 unspecified atom stereocenters. The molecule has 2 heteroatoms. The highest BCUT2D eigenvalue weighted by molar-refractivity contribution is 6.07. The second kappa shape index (κ2) is 15.7. The van der Waals surface area contributed by atoms with Gasteiger partial charge in [-0.05, 0) is 90.5 Å². The summed E-state index contributed by atoms with van der Waals surface area (Å²) < 4.78 is 0. The molecule has 0 atom stereocenters. The van der Waals surface area contributed by atoms with Crippen LogP contribution >= 0.6 is 0 Å². The van der Waals surface area contributed by atoms with Crippen LogP contribution < -0.4 is 0 Å². The van der Waals surface area contributed by atoms with Crippen molar-refractivity contribution in [3.63, 3.8) is 0 Å². The highest BCUT2D eigenvalue weighted by Gasteiger charge is 2.27. The Kier molecular flexibility index (Phi) is 9.29. The average molecular weight is 777 g/mol. The fourth-order valence-corrected chi connectivity index (χ4v) is 9.10. The van der Waals surface area contributed by atoms with Gasteiger partial charge in [0.2, 0.25) is 0 Å². The van der Waals surface area contributed by atoms with Crippen LogP contribution in [0.2, 0.25) is 0 Å². The summed E-state index contributed by atoms with van der Waals surface area (Å²) in [6.07, 6.45) is 0.810. The molecular weight excluding hydrogens is 737 g/mol. The molecule has 1 aliphatic carbocycles. The molecule has 0 saturated heterocycles. The van der Waals surface area contributed by atoms with Crippen LogP contribution in [0.15, 0.2) is 231 Å². The van der Waals surface area contributed by atoms with E-state index in [1.54, 1.807) is 0 Å². The molecular formula is C59H40N2. The van der Waals surface area contributed by atoms with E-state index in [-0.39, 0.29) is 0 Å². The number of hydrogen-bond donors (Lipinski definition) is 0. The first-order valence-corrected chi connectivity index (χ1v) is 21.0. The molecule has 1 heterocycles. The standard InChI is InChI=1S/C59H40N2/c1-6-20-40(21-7-1)51-39-52(55(42-24-10-3-11-25-42)56(43-26-12-4-13-27-43)54(51)41-22-8-2-9-23-41)47-33-18-31-45(36-47)46-32-19-34-49(37-46)57-53-38-48-30-16-17-35-50(48)58(53)61-59(60-57)44-28-14-5-15-29-44/h1-37,39H,38H2. The molecule has 0 amide bonds. The van der Waals surface area contributed by atoms with Gasteiger partial charge in [-0.2, -0.15) is 0 Å². The molecule has 0 fully saturated rings. The molecule has 0 radical (unpaired) electrons. The third kappa shape index (κ3) is 6.75. The largest absolute Gasteiger partial charge is 0.228 e. The van der Waals surface area contributed by atoms with E-state index in [4.69, 9.17) is 9.97 Å². The molecule has 0 saturated carbocycles. The van der Waals surface area contributed by atoms with Crippen LogP contribution in [0.1, 0.15) is 11.1 Å². The van der Waals surface area contributed by atoms with E-state index in [2.05, 4.69) is 224 Å². The average Bonchev–Trinajstić information content (AvgIpc) is 3.73. The van der Waals surface area contributed by atoms with E-state index in [0.29, 0.717) is 0 Å². The summed E-state index contributed by atoms with van der Waals surface area (Å²) in [5.41, 5.74) is 22.0. The van der Waals surface area contributed by atoms with Gasteiger partial charge >= 0.3 is 0 Å². The first-order valence-electron chi connectivity index (χ1n) is 21.0. The van der Waals surface area contributed by atoms with Gasteiger partial charge in [0, 0.05) is 28.7 Å². The Hall–Kier alpha value is -7.94. The van der Waals surface area contributed by atoms with Gasteiger partial charge in [-0.25, -0.2) is 9.97 Å². The lowest BCUT2D eigenvalue weighted by Crippen LogP contribution is -1.99. The number of fused-ring (bicyclic) bond motifs is 3. The minimum absolute atomic E-state index is 0.745. The van der Waals surface area contributed by atoms with E-state index >= 15 is 0 Å². The van der Waals surface area contributed by atoms with Crippen LogP contribution in [-0.2, 0) is 6.42 Å². The van der Waals surface area contributed by atoms with Crippen LogP contribution in [-0.4, -0.2) is 9.97 Å². The maximum absolute atomic E-state index is 5.31. The van der Waals surface area contributed by atoms with E-state index in [1.165, 1.54) is 66.8 Å². The normalized spacial score (nSPS) is 11.5. The Morgan fingerprint density at radius 1 is 0.262 bits per heavy atom. The molecule has 0 bridgehead atoms. The van der Waals surface area contributed by atoms with Gasteiger partial charge in [-0.3, -0.25) is 0 Å². The summed E-state index contributed by atoms with van der Waals surface area (Å²) in [5.74, 6) is 0.745. The van der Waals surface area contributed by atoms with Crippen LogP contribution in [0.4, 0.5) is 0 Å². The van der Waals surface area contributed by atoms with Gasteiger partial charge in [0.05, 0.1) is 11.4 Å². The van der Waals surface area contributed by atoms with Crippen molar-refractivity contribution in [3.05, 3.63) is 242 Å². The zero-order chi connectivity index (χ0) is 40.5. The first kappa shape index (κ1) is 36.2. The molecule has 10 aromatic rings. The van der Waals surface area contributed by atoms with Crippen molar-refractivity contribution in [2.24, 2.45) is 0 Å². The minimum atomic E-state index is 0.745. The van der Waals surface area contributed by atoms with Gasteiger partial charge < -0.3 is 0 Å². The van der Waals surface area contributed by atoms with Gasteiger partial charge in [0.15, 0.2) is 5.82 Å². The Morgan fingerprint density at radius 2 is 0.672 bits per heavy atom. The van der Waals surface area contributed by atoms with Gasteiger partial charge in [-0.1, -0.05) is 212 Å². The molecule has 0 N–H and O–H groups in total. The maximum atomic E-state index is 5.31. The summed E-state index contributed by atoms with van der Waals surface area (Å²) in [5, 5.41) is 0. The van der Waals surface area contributed by atoms with E-state index in [0.717, 1.165) is 51.5 Å². The summed E-state index contributed by atoms with van der Waals surface area (Å²) in [6.45, 7) is 0. The lowest BCUT2D eigenvalue weighted by molar-refractivity contribution is 1.13. The molecule has 0 aliphatic heterocycles. The monoisotopic (exact) mass is 776 g/mol. The SMILES string of the molecule is c1ccc(-c2nc(-c3cccc(-c4cccc(-c5cc(-c6ccccc6)c(-c6ccccc6)c(-c6ccccc6)c5-c5ccccc5)c4)c3)c3c(n2)-c2ccccc2C3)cc1. The van der Waals surface area contributed by atoms with Crippen LogP contribution in [0.25, 0.3) is 101 Å². The predicted octanol–water partition coefficient (Wildman–Crippen LogP) is 15.4. The van der Waals surface area contributed by atoms with Gasteiger partial charge in [0.25, 0.3) is 0 Å². The predicted molar refractivity (Wildman–Crippen MR) is 254 cm³/mol. The van der Waals surface area contributed by atoms with Gasteiger partial charge in [-0.15, -0.1) is 0 Å². The first-order chi connectivity index (χ1) is 30.3. The van der Waals surface area contributed by atoms with Crippen molar-refractivity contribution >= 4 is 0 Å². The molecule has 2 nitrogen and oxygen atoms in total. The third-order valence-electron chi connectivity index (χ3n) is 11.9. The fraction of sp³-hybridized carbons (Fsp3) is 0.0169. The Balaban J connectivity index is 1.12. The number of benzene rings is 9.